The maximum Gasteiger partial charge on any atom is 0.336 e. The van der Waals surface area contributed by atoms with Gasteiger partial charge in [0.1, 0.15) is 0 Å². The fourth-order valence-electron chi connectivity index (χ4n) is 2.28. The molecule has 0 fully saturated rings. The lowest BCUT2D eigenvalue weighted by Gasteiger charge is -2.13. The summed E-state index contributed by atoms with van der Waals surface area (Å²) in [5.41, 5.74) is 0.349. The summed E-state index contributed by atoms with van der Waals surface area (Å²) in [4.78, 5) is 36.8. The van der Waals surface area contributed by atoms with Crippen molar-refractivity contribution < 1.29 is 19.5 Å². The standard InChI is InChI=1S/C15H9NO4/c17-13-10-7-4-8-11(15(19)20)12(10)14(18)16(13)9-5-2-1-3-6-9/h1-8H,(H,19,20). The second-order valence-electron chi connectivity index (χ2n) is 4.31. The Morgan fingerprint density at radius 2 is 1.60 bits per heavy atom. The van der Waals surface area contributed by atoms with E-state index in [1.165, 1.54) is 18.2 Å². The number of hydrogen-bond donors (Lipinski definition) is 1. The van der Waals surface area contributed by atoms with Crippen LogP contribution in [0.3, 0.4) is 0 Å². The van der Waals surface area contributed by atoms with E-state index >= 15 is 0 Å². The van der Waals surface area contributed by atoms with Crippen LogP contribution < -0.4 is 4.90 Å². The van der Waals surface area contributed by atoms with Gasteiger partial charge in [-0.15, -0.1) is 0 Å². The van der Waals surface area contributed by atoms with E-state index < -0.39 is 17.8 Å². The molecule has 0 saturated heterocycles. The first kappa shape index (κ1) is 12.1. The van der Waals surface area contributed by atoms with Crippen LogP contribution in [0.5, 0.6) is 0 Å². The minimum Gasteiger partial charge on any atom is -0.478 e. The number of imide groups is 1. The maximum atomic E-state index is 12.4. The molecule has 0 saturated carbocycles. The van der Waals surface area contributed by atoms with Crippen LogP contribution in [-0.4, -0.2) is 22.9 Å². The molecule has 0 unspecified atom stereocenters. The molecular weight excluding hydrogens is 258 g/mol. The zero-order valence-electron chi connectivity index (χ0n) is 10.2. The summed E-state index contributed by atoms with van der Waals surface area (Å²) >= 11 is 0. The lowest BCUT2D eigenvalue weighted by molar-refractivity contribution is 0.0692. The van der Waals surface area contributed by atoms with Gasteiger partial charge in [-0.2, -0.15) is 0 Å². The normalized spacial score (nSPS) is 13.5. The number of nitrogens with zero attached hydrogens (tertiary/aromatic N) is 1. The SMILES string of the molecule is O=C(O)c1cccc2c1C(=O)N(c1ccccc1)C2=O. The average Bonchev–Trinajstić information content (AvgIpc) is 2.72. The summed E-state index contributed by atoms with van der Waals surface area (Å²) in [5.74, 6) is -2.33. The summed E-state index contributed by atoms with van der Waals surface area (Å²) in [5, 5.41) is 9.13. The molecule has 3 rings (SSSR count). The van der Waals surface area contributed by atoms with Crippen molar-refractivity contribution in [1.82, 2.24) is 0 Å². The van der Waals surface area contributed by atoms with Crippen LogP contribution in [0.2, 0.25) is 0 Å². The van der Waals surface area contributed by atoms with Crippen LogP contribution in [-0.2, 0) is 0 Å². The number of carbonyl (C=O) groups excluding carboxylic acids is 2. The first-order chi connectivity index (χ1) is 9.61. The van der Waals surface area contributed by atoms with Crippen molar-refractivity contribution in [3.8, 4) is 0 Å². The number of carbonyl (C=O) groups is 3. The number of fused-ring (bicyclic) bond motifs is 1. The number of amides is 2. The van der Waals surface area contributed by atoms with E-state index in [1.54, 1.807) is 30.3 Å². The zero-order chi connectivity index (χ0) is 14.3. The number of anilines is 1. The van der Waals surface area contributed by atoms with Crippen LogP contribution in [0.25, 0.3) is 0 Å². The molecule has 20 heavy (non-hydrogen) atoms. The molecule has 0 spiro atoms. The van der Waals surface area contributed by atoms with Gasteiger partial charge in [0.15, 0.2) is 0 Å². The summed E-state index contributed by atoms with van der Waals surface area (Å²) in [7, 11) is 0. The molecule has 1 heterocycles. The molecular formula is C15H9NO4. The Kier molecular flexibility index (Phi) is 2.61. The molecule has 2 aromatic carbocycles. The van der Waals surface area contributed by atoms with Gasteiger partial charge >= 0.3 is 5.97 Å². The molecule has 1 N–H and O–H groups in total. The van der Waals surface area contributed by atoms with Crippen LogP contribution in [0.15, 0.2) is 48.5 Å². The Labute approximate surface area is 114 Å². The van der Waals surface area contributed by atoms with Gasteiger partial charge in [-0.25, -0.2) is 9.69 Å². The number of aromatic carboxylic acids is 1. The quantitative estimate of drug-likeness (QED) is 0.846. The lowest BCUT2D eigenvalue weighted by Crippen LogP contribution is -2.29. The lowest BCUT2D eigenvalue weighted by atomic mass is 10.0. The van der Waals surface area contributed by atoms with E-state index in [2.05, 4.69) is 0 Å². The highest BCUT2D eigenvalue weighted by Crippen LogP contribution is 2.30. The number of rotatable bonds is 2. The fourth-order valence-corrected chi connectivity index (χ4v) is 2.28. The molecule has 0 aromatic heterocycles. The van der Waals surface area contributed by atoms with E-state index in [0.29, 0.717) is 5.69 Å². The van der Waals surface area contributed by atoms with Gasteiger partial charge in [0.25, 0.3) is 11.8 Å². The second-order valence-corrected chi connectivity index (χ2v) is 4.31. The van der Waals surface area contributed by atoms with E-state index in [-0.39, 0.29) is 16.7 Å². The molecule has 98 valence electrons. The number of para-hydroxylation sites is 1. The van der Waals surface area contributed by atoms with Crippen molar-refractivity contribution in [3.05, 3.63) is 65.2 Å². The largest absolute Gasteiger partial charge is 0.478 e. The van der Waals surface area contributed by atoms with Gasteiger partial charge < -0.3 is 5.11 Å². The number of hydrogen-bond acceptors (Lipinski definition) is 3. The minimum absolute atomic E-state index is 0.0474. The van der Waals surface area contributed by atoms with Gasteiger partial charge in [0, 0.05) is 0 Å². The van der Waals surface area contributed by atoms with Gasteiger partial charge in [-0.1, -0.05) is 24.3 Å². The Hall–Kier alpha value is -2.95. The first-order valence-corrected chi connectivity index (χ1v) is 5.91. The molecule has 5 heteroatoms. The number of benzene rings is 2. The predicted octanol–water partition coefficient (Wildman–Crippen LogP) is 2.19. The molecule has 5 nitrogen and oxygen atoms in total. The van der Waals surface area contributed by atoms with Crippen molar-refractivity contribution >= 4 is 23.5 Å². The van der Waals surface area contributed by atoms with E-state index in [4.69, 9.17) is 5.11 Å². The van der Waals surface area contributed by atoms with Gasteiger partial charge in [-0.3, -0.25) is 9.59 Å². The van der Waals surface area contributed by atoms with Crippen LogP contribution >= 0.6 is 0 Å². The summed E-state index contributed by atoms with van der Waals surface area (Å²) < 4.78 is 0. The monoisotopic (exact) mass is 267 g/mol. The highest BCUT2D eigenvalue weighted by atomic mass is 16.4. The molecule has 2 amide bonds. The molecule has 1 aliphatic heterocycles. The Balaban J connectivity index is 2.18. The summed E-state index contributed by atoms with van der Waals surface area (Å²) in [6.45, 7) is 0. The Morgan fingerprint density at radius 3 is 2.25 bits per heavy atom. The highest BCUT2D eigenvalue weighted by molar-refractivity contribution is 6.36. The number of carboxylic acid groups (broad SMARTS) is 1. The first-order valence-electron chi connectivity index (χ1n) is 5.91. The van der Waals surface area contributed by atoms with Crippen molar-refractivity contribution in [2.24, 2.45) is 0 Å². The van der Waals surface area contributed by atoms with E-state index in [1.807, 2.05) is 0 Å². The van der Waals surface area contributed by atoms with Crippen LogP contribution in [0, 0.1) is 0 Å². The molecule has 0 atom stereocenters. The zero-order valence-corrected chi connectivity index (χ0v) is 10.2. The maximum absolute atomic E-state index is 12.4. The Bertz CT molecular complexity index is 737. The van der Waals surface area contributed by atoms with Gasteiger partial charge in [0.05, 0.1) is 22.4 Å². The minimum atomic E-state index is -1.22. The van der Waals surface area contributed by atoms with Crippen molar-refractivity contribution in [2.45, 2.75) is 0 Å². The topological polar surface area (TPSA) is 74.7 Å². The van der Waals surface area contributed by atoms with Crippen molar-refractivity contribution in [2.75, 3.05) is 4.90 Å². The van der Waals surface area contributed by atoms with Crippen molar-refractivity contribution in [1.29, 1.82) is 0 Å². The smallest absolute Gasteiger partial charge is 0.336 e. The average molecular weight is 267 g/mol. The molecule has 1 aliphatic rings. The van der Waals surface area contributed by atoms with Gasteiger partial charge in [0.2, 0.25) is 0 Å². The van der Waals surface area contributed by atoms with Crippen LogP contribution in [0.1, 0.15) is 31.1 Å². The third-order valence-corrected chi connectivity index (χ3v) is 3.16. The molecule has 0 bridgehead atoms. The third kappa shape index (κ3) is 1.60. The molecule has 0 radical (unpaired) electrons. The highest BCUT2D eigenvalue weighted by Gasteiger charge is 2.39. The van der Waals surface area contributed by atoms with Gasteiger partial charge in [-0.05, 0) is 24.3 Å². The second kappa shape index (κ2) is 4.31. The molecule has 2 aromatic rings. The summed E-state index contributed by atoms with van der Waals surface area (Å²) in [6, 6.07) is 12.7. The van der Waals surface area contributed by atoms with E-state index in [9.17, 15) is 14.4 Å². The Morgan fingerprint density at radius 1 is 0.900 bits per heavy atom. The molecule has 0 aliphatic carbocycles. The van der Waals surface area contributed by atoms with Crippen molar-refractivity contribution in [3.63, 3.8) is 0 Å². The summed E-state index contributed by atoms with van der Waals surface area (Å²) in [6.07, 6.45) is 0. The van der Waals surface area contributed by atoms with E-state index in [0.717, 1.165) is 4.90 Å². The van der Waals surface area contributed by atoms with Crippen LogP contribution in [0.4, 0.5) is 5.69 Å². The fraction of sp³-hybridized carbons (Fsp3) is 0. The number of carboxylic acids is 1. The predicted molar refractivity (Wildman–Crippen MR) is 71.0 cm³/mol. The third-order valence-electron chi connectivity index (χ3n) is 3.16.